The number of pyridine rings is 1. The molecule has 2 aliphatic rings. The summed E-state index contributed by atoms with van der Waals surface area (Å²) in [6.07, 6.45) is 8.74. The van der Waals surface area contributed by atoms with E-state index in [4.69, 9.17) is 5.73 Å². The highest BCUT2D eigenvalue weighted by atomic mass is 19.1. The Hall–Kier alpha value is -2.17. The molecule has 0 aromatic carbocycles. The maximum Gasteiger partial charge on any atom is 0.255 e. The molecule has 4 nitrogen and oxygen atoms in total. The number of hydrogen-bond donors (Lipinski definition) is 1. The van der Waals surface area contributed by atoms with Crippen molar-refractivity contribution in [3.63, 3.8) is 0 Å². The Labute approximate surface area is 142 Å². The second-order valence-electron chi connectivity index (χ2n) is 6.93. The Morgan fingerprint density at radius 2 is 2.12 bits per heavy atom. The summed E-state index contributed by atoms with van der Waals surface area (Å²) in [4.78, 5) is 18.3. The van der Waals surface area contributed by atoms with Crippen molar-refractivity contribution >= 4 is 11.7 Å². The van der Waals surface area contributed by atoms with Gasteiger partial charge in [-0.25, -0.2) is 9.37 Å². The van der Waals surface area contributed by atoms with Crippen LogP contribution in [0.3, 0.4) is 0 Å². The summed E-state index contributed by atoms with van der Waals surface area (Å²) in [6.45, 7) is 3.53. The number of carbonyl (C=O) groups excluding carboxylic acids is 1. The minimum Gasteiger partial charge on any atom is -0.384 e. The Balaban J connectivity index is 1.54. The smallest absolute Gasteiger partial charge is 0.255 e. The Kier molecular flexibility index (Phi) is 4.97. The number of hydrogen-bond acceptors (Lipinski definition) is 3. The van der Waals surface area contributed by atoms with Gasteiger partial charge in [0.2, 0.25) is 0 Å². The van der Waals surface area contributed by atoms with Crippen molar-refractivity contribution in [1.82, 2.24) is 9.88 Å². The summed E-state index contributed by atoms with van der Waals surface area (Å²) < 4.78 is 13.6. The van der Waals surface area contributed by atoms with E-state index >= 15 is 0 Å². The molecule has 1 aliphatic carbocycles. The van der Waals surface area contributed by atoms with Crippen LogP contribution in [0.15, 0.2) is 41.9 Å². The van der Waals surface area contributed by atoms with E-state index < -0.39 is 0 Å². The highest BCUT2D eigenvalue weighted by molar-refractivity contribution is 5.94. The van der Waals surface area contributed by atoms with Crippen molar-refractivity contribution in [1.29, 1.82) is 0 Å². The summed E-state index contributed by atoms with van der Waals surface area (Å²) in [5, 5.41) is 0. The summed E-state index contributed by atoms with van der Waals surface area (Å²) in [5.74, 6) is 1.21. The molecular weight excluding hydrogens is 305 g/mol. The van der Waals surface area contributed by atoms with Gasteiger partial charge in [-0.2, -0.15) is 0 Å². The fraction of sp³-hybridized carbons (Fsp3) is 0.474. The van der Waals surface area contributed by atoms with E-state index in [1.54, 1.807) is 18.2 Å². The van der Waals surface area contributed by atoms with Crippen molar-refractivity contribution in [2.75, 3.05) is 18.8 Å². The Bertz CT molecular complexity index is 658. The number of carbonyl (C=O) groups is 1. The van der Waals surface area contributed by atoms with E-state index in [0.29, 0.717) is 23.7 Å². The molecule has 1 amide bonds. The van der Waals surface area contributed by atoms with Crippen LogP contribution in [-0.2, 0) is 0 Å². The molecule has 0 bridgehead atoms. The molecule has 2 N–H and O–H groups in total. The fourth-order valence-electron chi connectivity index (χ4n) is 3.56. The number of halogens is 1. The molecule has 1 aromatic rings. The van der Waals surface area contributed by atoms with Gasteiger partial charge in [-0.05, 0) is 54.9 Å². The average molecular weight is 329 g/mol. The lowest BCUT2D eigenvalue weighted by Gasteiger charge is -2.32. The third kappa shape index (κ3) is 4.02. The molecule has 0 radical (unpaired) electrons. The molecule has 2 heterocycles. The predicted octanol–water partition coefficient (Wildman–Crippen LogP) is 3.73. The van der Waals surface area contributed by atoms with Crippen LogP contribution in [0.2, 0.25) is 0 Å². The lowest BCUT2D eigenvalue weighted by molar-refractivity contribution is 0.0690. The maximum absolute atomic E-state index is 13.6. The van der Waals surface area contributed by atoms with Crippen molar-refractivity contribution in [2.24, 2.45) is 11.8 Å². The molecule has 0 saturated carbocycles. The Morgan fingerprint density at radius 1 is 1.38 bits per heavy atom. The fourth-order valence-corrected chi connectivity index (χ4v) is 3.56. The van der Waals surface area contributed by atoms with E-state index in [1.165, 1.54) is 6.20 Å². The first-order valence-corrected chi connectivity index (χ1v) is 8.59. The van der Waals surface area contributed by atoms with Gasteiger partial charge in [0, 0.05) is 25.7 Å². The summed E-state index contributed by atoms with van der Waals surface area (Å²) in [5.41, 5.74) is 7.25. The highest BCUT2D eigenvalue weighted by Gasteiger charge is 2.25. The van der Waals surface area contributed by atoms with Gasteiger partial charge >= 0.3 is 0 Å². The van der Waals surface area contributed by atoms with E-state index in [9.17, 15) is 9.18 Å². The molecule has 1 aliphatic heterocycles. The monoisotopic (exact) mass is 329 g/mol. The number of aromatic nitrogens is 1. The second kappa shape index (κ2) is 7.16. The maximum atomic E-state index is 13.6. The summed E-state index contributed by atoms with van der Waals surface area (Å²) >= 11 is 0. The average Bonchev–Trinajstić information content (AvgIpc) is 2.55. The predicted molar refractivity (Wildman–Crippen MR) is 92.9 cm³/mol. The van der Waals surface area contributed by atoms with Gasteiger partial charge in [0.05, 0.1) is 5.56 Å². The van der Waals surface area contributed by atoms with E-state index in [2.05, 4.69) is 18.0 Å². The van der Waals surface area contributed by atoms with Gasteiger partial charge in [0.15, 0.2) is 0 Å². The van der Waals surface area contributed by atoms with Crippen LogP contribution in [0, 0.1) is 11.8 Å². The second-order valence-corrected chi connectivity index (χ2v) is 6.93. The molecule has 1 atom stereocenters. The van der Waals surface area contributed by atoms with Gasteiger partial charge in [-0.3, -0.25) is 4.79 Å². The third-order valence-electron chi connectivity index (χ3n) is 4.82. The molecule has 1 aromatic heterocycles. The molecule has 128 valence electrons. The standard InChI is InChI=1S/C19H24FN3O/c1-13-8-15(11-17(20)9-13)10-14-4-6-23(7-5-14)19(24)16-2-3-18(21)22-12-16/h2-3,8,11-14H,4-7,9-10H2,1H3,(H2,21,22). The number of likely N-dealkylation sites (tertiary alicyclic amines) is 1. The van der Waals surface area contributed by atoms with Crippen molar-refractivity contribution < 1.29 is 9.18 Å². The number of allylic oxidation sites excluding steroid dienone is 4. The first kappa shape index (κ1) is 16.7. The molecule has 0 spiro atoms. The van der Waals surface area contributed by atoms with Crippen LogP contribution in [-0.4, -0.2) is 28.9 Å². The van der Waals surface area contributed by atoms with Gasteiger partial charge < -0.3 is 10.6 Å². The third-order valence-corrected chi connectivity index (χ3v) is 4.82. The number of piperidine rings is 1. The molecule has 1 unspecified atom stereocenters. The highest BCUT2D eigenvalue weighted by Crippen LogP contribution is 2.30. The summed E-state index contributed by atoms with van der Waals surface area (Å²) in [7, 11) is 0. The first-order valence-electron chi connectivity index (χ1n) is 8.59. The number of nitrogens with two attached hydrogens (primary N) is 1. The molecular formula is C19H24FN3O. The molecule has 24 heavy (non-hydrogen) atoms. The van der Waals surface area contributed by atoms with E-state index in [0.717, 1.165) is 37.9 Å². The van der Waals surface area contributed by atoms with Crippen LogP contribution in [0.25, 0.3) is 0 Å². The zero-order chi connectivity index (χ0) is 17.1. The van der Waals surface area contributed by atoms with Gasteiger partial charge in [0.1, 0.15) is 11.6 Å². The molecule has 5 heteroatoms. The summed E-state index contributed by atoms with van der Waals surface area (Å²) in [6, 6.07) is 3.37. The van der Waals surface area contributed by atoms with Crippen LogP contribution in [0.5, 0.6) is 0 Å². The van der Waals surface area contributed by atoms with Crippen LogP contribution in [0.4, 0.5) is 10.2 Å². The normalized spacial score (nSPS) is 22.1. The molecule has 3 rings (SSSR count). The SMILES string of the molecule is CC1C=C(CC2CCN(C(=O)c3ccc(N)nc3)CC2)C=C(F)C1. The number of nitrogens with zero attached hydrogens (tertiary/aromatic N) is 2. The van der Waals surface area contributed by atoms with Gasteiger partial charge in [-0.1, -0.05) is 13.0 Å². The van der Waals surface area contributed by atoms with Crippen LogP contribution in [0.1, 0.15) is 43.0 Å². The van der Waals surface area contributed by atoms with Crippen molar-refractivity contribution in [2.45, 2.75) is 32.6 Å². The zero-order valence-corrected chi connectivity index (χ0v) is 14.0. The first-order chi connectivity index (χ1) is 11.5. The number of rotatable bonds is 3. The van der Waals surface area contributed by atoms with Crippen LogP contribution >= 0.6 is 0 Å². The minimum absolute atomic E-state index is 0.0107. The van der Waals surface area contributed by atoms with Crippen molar-refractivity contribution in [3.8, 4) is 0 Å². The quantitative estimate of drug-likeness (QED) is 0.919. The van der Waals surface area contributed by atoms with Crippen LogP contribution < -0.4 is 5.73 Å². The largest absolute Gasteiger partial charge is 0.384 e. The number of nitrogen functional groups attached to an aromatic ring is 1. The minimum atomic E-state index is -0.0107. The van der Waals surface area contributed by atoms with Gasteiger partial charge in [-0.15, -0.1) is 0 Å². The zero-order valence-electron chi connectivity index (χ0n) is 14.0. The van der Waals surface area contributed by atoms with E-state index in [1.807, 2.05) is 4.90 Å². The number of amides is 1. The topological polar surface area (TPSA) is 59.2 Å². The molecule has 1 saturated heterocycles. The lowest BCUT2D eigenvalue weighted by Crippen LogP contribution is -2.38. The van der Waals surface area contributed by atoms with E-state index in [-0.39, 0.29) is 17.7 Å². The Morgan fingerprint density at radius 3 is 2.75 bits per heavy atom. The van der Waals surface area contributed by atoms with Crippen molar-refractivity contribution in [3.05, 3.63) is 47.4 Å². The lowest BCUT2D eigenvalue weighted by atomic mass is 9.86. The number of anilines is 1. The molecule has 1 fully saturated rings. The van der Waals surface area contributed by atoms with Gasteiger partial charge in [0.25, 0.3) is 5.91 Å².